The fraction of sp³-hybridized carbons (Fsp3) is 0.615. The molecule has 1 aromatic heterocycles. The van der Waals surface area contributed by atoms with E-state index in [0.29, 0.717) is 24.5 Å². The fourth-order valence-corrected chi connectivity index (χ4v) is 1.89. The summed E-state index contributed by atoms with van der Waals surface area (Å²) in [4.78, 5) is 22.2. The molecule has 19 heavy (non-hydrogen) atoms. The average Bonchev–Trinajstić information content (AvgIpc) is 3.06. The molecule has 0 saturated heterocycles. The van der Waals surface area contributed by atoms with Crippen LogP contribution in [0.25, 0.3) is 0 Å². The van der Waals surface area contributed by atoms with Crippen LogP contribution in [0, 0.1) is 0 Å². The molecule has 1 atom stereocenters. The highest BCUT2D eigenvalue weighted by molar-refractivity contribution is 5.92. The van der Waals surface area contributed by atoms with Crippen LogP contribution < -0.4 is 5.32 Å². The van der Waals surface area contributed by atoms with Gasteiger partial charge in [0.05, 0.1) is 0 Å². The number of rotatable bonds is 7. The summed E-state index contributed by atoms with van der Waals surface area (Å²) >= 11 is 0. The Morgan fingerprint density at radius 2 is 2.32 bits per heavy atom. The number of carbonyl (C=O) groups is 2. The molecule has 6 heteroatoms. The van der Waals surface area contributed by atoms with Crippen LogP contribution in [0.15, 0.2) is 10.6 Å². The van der Waals surface area contributed by atoms with Crippen LogP contribution in [0.1, 0.15) is 61.2 Å². The zero-order valence-electron chi connectivity index (χ0n) is 10.9. The number of carboxylic acid groups (broad SMARTS) is 1. The van der Waals surface area contributed by atoms with E-state index in [1.165, 1.54) is 0 Å². The van der Waals surface area contributed by atoms with E-state index < -0.39 is 5.97 Å². The van der Waals surface area contributed by atoms with Crippen molar-refractivity contribution >= 4 is 11.9 Å². The molecule has 1 aliphatic rings. The van der Waals surface area contributed by atoms with Crippen molar-refractivity contribution in [3.63, 3.8) is 0 Å². The second-order valence-electron chi connectivity index (χ2n) is 5.05. The molecule has 6 nitrogen and oxygen atoms in total. The summed E-state index contributed by atoms with van der Waals surface area (Å²) in [5.41, 5.74) is 0.298. The second-order valence-corrected chi connectivity index (χ2v) is 5.05. The third-order valence-corrected chi connectivity index (χ3v) is 3.15. The average molecular weight is 266 g/mol. The van der Waals surface area contributed by atoms with Gasteiger partial charge in [0, 0.05) is 24.4 Å². The molecule has 0 radical (unpaired) electrons. The molecule has 1 aromatic rings. The van der Waals surface area contributed by atoms with E-state index in [4.69, 9.17) is 9.63 Å². The van der Waals surface area contributed by atoms with E-state index in [0.717, 1.165) is 18.6 Å². The highest BCUT2D eigenvalue weighted by Gasteiger charge is 2.29. The van der Waals surface area contributed by atoms with E-state index in [1.807, 2.05) is 6.92 Å². The van der Waals surface area contributed by atoms with Crippen molar-refractivity contribution in [2.75, 3.05) is 0 Å². The number of carboxylic acids is 1. The maximum absolute atomic E-state index is 11.9. The van der Waals surface area contributed by atoms with Gasteiger partial charge in [-0.05, 0) is 32.6 Å². The van der Waals surface area contributed by atoms with Gasteiger partial charge in [-0.1, -0.05) is 5.16 Å². The predicted octanol–water partition coefficient (Wildman–Crippen LogP) is 1.93. The van der Waals surface area contributed by atoms with Crippen LogP contribution in [0.5, 0.6) is 0 Å². The molecule has 2 rings (SSSR count). The van der Waals surface area contributed by atoms with Gasteiger partial charge < -0.3 is 14.9 Å². The minimum Gasteiger partial charge on any atom is -0.481 e. The number of aromatic nitrogens is 1. The zero-order valence-corrected chi connectivity index (χ0v) is 10.9. The van der Waals surface area contributed by atoms with Gasteiger partial charge in [-0.15, -0.1) is 0 Å². The molecule has 1 fully saturated rings. The molecule has 0 spiro atoms. The Labute approximate surface area is 111 Å². The lowest BCUT2D eigenvalue weighted by Gasteiger charge is -2.11. The van der Waals surface area contributed by atoms with Crippen LogP contribution >= 0.6 is 0 Å². The number of nitrogens with one attached hydrogen (secondary N) is 1. The summed E-state index contributed by atoms with van der Waals surface area (Å²) in [6.45, 7) is 1.85. The van der Waals surface area contributed by atoms with Crippen molar-refractivity contribution in [3.8, 4) is 0 Å². The molecule has 2 N–H and O–H groups in total. The molecule has 1 unspecified atom stereocenters. The van der Waals surface area contributed by atoms with Gasteiger partial charge in [0.25, 0.3) is 5.91 Å². The topological polar surface area (TPSA) is 92.4 Å². The van der Waals surface area contributed by atoms with Crippen molar-refractivity contribution in [1.82, 2.24) is 10.5 Å². The summed E-state index contributed by atoms with van der Waals surface area (Å²) in [6.07, 6.45) is 3.49. The summed E-state index contributed by atoms with van der Waals surface area (Å²) in [5, 5.41) is 15.1. The summed E-state index contributed by atoms with van der Waals surface area (Å²) in [5.74, 6) is 0.133. The van der Waals surface area contributed by atoms with Crippen molar-refractivity contribution in [3.05, 3.63) is 17.5 Å². The monoisotopic (exact) mass is 266 g/mol. The van der Waals surface area contributed by atoms with Crippen LogP contribution in [-0.2, 0) is 4.79 Å². The van der Waals surface area contributed by atoms with Gasteiger partial charge in [-0.3, -0.25) is 9.59 Å². The first-order chi connectivity index (χ1) is 9.06. The number of carbonyl (C=O) groups excluding carboxylic acids is 1. The molecule has 1 saturated carbocycles. The van der Waals surface area contributed by atoms with E-state index in [2.05, 4.69) is 10.5 Å². The molecular formula is C13H18N2O4. The van der Waals surface area contributed by atoms with Gasteiger partial charge in [-0.2, -0.15) is 0 Å². The van der Waals surface area contributed by atoms with Crippen molar-refractivity contribution in [2.45, 2.75) is 51.0 Å². The Morgan fingerprint density at radius 3 is 2.95 bits per heavy atom. The highest BCUT2D eigenvalue weighted by Crippen LogP contribution is 2.40. The molecule has 1 heterocycles. The first-order valence-corrected chi connectivity index (χ1v) is 6.55. The van der Waals surface area contributed by atoms with Gasteiger partial charge in [0.2, 0.25) is 0 Å². The van der Waals surface area contributed by atoms with Gasteiger partial charge >= 0.3 is 5.97 Å². The predicted molar refractivity (Wildman–Crippen MR) is 66.9 cm³/mol. The van der Waals surface area contributed by atoms with Crippen molar-refractivity contribution in [2.24, 2.45) is 0 Å². The van der Waals surface area contributed by atoms with Crippen molar-refractivity contribution in [1.29, 1.82) is 0 Å². The first-order valence-electron chi connectivity index (χ1n) is 6.55. The molecular weight excluding hydrogens is 248 g/mol. The number of hydrogen-bond acceptors (Lipinski definition) is 4. The quantitative estimate of drug-likeness (QED) is 0.786. The van der Waals surface area contributed by atoms with Crippen LogP contribution in [0.4, 0.5) is 0 Å². The SMILES string of the molecule is CC(CCCC(=O)O)NC(=O)c1cc(C2CC2)on1. The van der Waals surface area contributed by atoms with Gasteiger partial charge in [0.1, 0.15) is 5.76 Å². The molecule has 1 amide bonds. The molecule has 0 aromatic carbocycles. The third-order valence-electron chi connectivity index (χ3n) is 3.15. The van der Waals surface area contributed by atoms with E-state index in [9.17, 15) is 9.59 Å². The Balaban J connectivity index is 1.77. The number of hydrogen-bond donors (Lipinski definition) is 2. The van der Waals surface area contributed by atoms with E-state index in [1.54, 1.807) is 6.07 Å². The van der Waals surface area contributed by atoms with Crippen LogP contribution in [-0.4, -0.2) is 28.2 Å². The molecule has 0 aliphatic heterocycles. The maximum atomic E-state index is 11.9. The minimum absolute atomic E-state index is 0.0760. The van der Waals surface area contributed by atoms with Crippen molar-refractivity contribution < 1.29 is 19.2 Å². The summed E-state index contributed by atoms with van der Waals surface area (Å²) in [7, 11) is 0. The maximum Gasteiger partial charge on any atom is 0.303 e. The molecule has 104 valence electrons. The Hall–Kier alpha value is -1.85. The second kappa shape index (κ2) is 5.86. The minimum atomic E-state index is -0.816. The van der Waals surface area contributed by atoms with E-state index >= 15 is 0 Å². The Morgan fingerprint density at radius 1 is 1.58 bits per heavy atom. The van der Waals surface area contributed by atoms with Gasteiger partial charge in [-0.25, -0.2) is 0 Å². The largest absolute Gasteiger partial charge is 0.481 e. The third kappa shape index (κ3) is 4.08. The summed E-state index contributed by atoms with van der Waals surface area (Å²) in [6, 6.07) is 1.62. The van der Waals surface area contributed by atoms with Gasteiger partial charge in [0.15, 0.2) is 5.69 Å². The van der Waals surface area contributed by atoms with Crippen LogP contribution in [0.3, 0.4) is 0 Å². The lowest BCUT2D eigenvalue weighted by atomic mass is 10.1. The Kier molecular flexibility index (Phi) is 4.19. The number of aliphatic carboxylic acids is 1. The standard InChI is InChI=1S/C13H18N2O4/c1-8(3-2-4-12(16)17)14-13(18)10-7-11(19-15-10)9-5-6-9/h7-9H,2-6H2,1H3,(H,14,18)(H,16,17). The highest BCUT2D eigenvalue weighted by atomic mass is 16.5. The number of amides is 1. The molecule has 0 bridgehead atoms. The van der Waals surface area contributed by atoms with Crippen LogP contribution in [0.2, 0.25) is 0 Å². The first kappa shape index (κ1) is 13.6. The normalized spacial score (nSPS) is 16.1. The lowest BCUT2D eigenvalue weighted by molar-refractivity contribution is -0.137. The number of nitrogens with zero attached hydrogens (tertiary/aromatic N) is 1. The molecule has 1 aliphatic carbocycles. The zero-order chi connectivity index (χ0) is 13.8. The smallest absolute Gasteiger partial charge is 0.303 e. The Bertz CT molecular complexity index is 465. The fourth-order valence-electron chi connectivity index (χ4n) is 1.89. The van der Waals surface area contributed by atoms with E-state index in [-0.39, 0.29) is 18.4 Å². The summed E-state index contributed by atoms with van der Waals surface area (Å²) < 4.78 is 5.12. The lowest BCUT2D eigenvalue weighted by Crippen LogP contribution is -2.32.